The Hall–Kier alpha value is -0.650. The molecule has 1 aromatic carbocycles. The van der Waals surface area contributed by atoms with Crippen LogP contribution in [0.5, 0.6) is 0 Å². The van der Waals surface area contributed by atoms with Crippen LogP contribution >= 0.6 is 11.6 Å². The van der Waals surface area contributed by atoms with Crippen LogP contribution in [-0.2, 0) is 16.3 Å². The molecule has 0 aliphatic heterocycles. The van der Waals surface area contributed by atoms with Crippen LogP contribution in [0.1, 0.15) is 19.4 Å². The molecule has 0 radical (unpaired) electrons. The minimum absolute atomic E-state index is 0.310. The molecule has 0 aliphatic rings. The van der Waals surface area contributed by atoms with Gasteiger partial charge < -0.3 is 5.32 Å². The van der Waals surface area contributed by atoms with Crippen molar-refractivity contribution in [3.05, 3.63) is 34.6 Å². The lowest BCUT2D eigenvalue weighted by atomic mass is 9.95. The molecule has 108 valence electrons. The third kappa shape index (κ3) is 3.68. The summed E-state index contributed by atoms with van der Waals surface area (Å²) in [6, 6.07) is 3.82. The molecule has 19 heavy (non-hydrogen) atoms. The van der Waals surface area contributed by atoms with Crippen LogP contribution in [0.4, 0.5) is 4.39 Å². The first-order valence-corrected chi connectivity index (χ1v) is 8.17. The summed E-state index contributed by atoms with van der Waals surface area (Å²) in [7, 11) is -1.53. The Bertz CT molecular complexity index is 558. The number of nitrogens with one attached hydrogen (secondary N) is 1. The van der Waals surface area contributed by atoms with Gasteiger partial charge in [-0.05, 0) is 45.0 Å². The maximum atomic E-state index is 13.0. The van der Waals surface area contributed by atoms with E-state index in [1.54, 1.807) is 27.0 Å². The molecule has 0 aliphatic carbocycles. The largest absolute Gasteiger partial charge is 0.315 e. The number of rotatable bonds is 5. The molecular weight excluding hydrogens is 289 g/mol. The lowest BCUT2D eigenvalue weighted by Gasteiger charge is -2.32. The highest BCUT2D eigenvalue weighted by Crippen LogP contribution is 2.26. The smallest absolute Gasteiger partial charge is 0.154 e. The normalized spacial score (nSPS) is 14.4. The predicted octanol–water partition coefficient (Wildman–Crippen LogP) is 2.43. The molecule has 0 spiro atoms. The molecule has 0 bridgehead atoms. The van der Waals surface area contributed by atoms with E-state index in [4.69, 9.17) is 11.6 Å². The summed E-state index contributed by atoms with van der Waals surface area (Å²) < 4.78 is 35.7. The first-order valence-electron chi connectivity index (χ1n) is 5.90. The van der Waals surface area contributed by atoms with Gasteiger partial charge in [0.1, 0.15) is 5.82 Å². The lowest BCUT2D eigenvalue weighted by molar-refractivity contribution is 0.430. The summed E-state index contributed by atoms with van der Waals surface area (Å²) in [6.45, 7) is 3.34. The van der Waals surface area contributed by atoms with E-state index in [9.17, 15) is 12.8 Å². The molecule has 1 N–H and O–H groups in total. The maximum absolute atomic E-state index is 13.0. The van der Waals surface area contributed by atoms with Crippen molar-refractivity contribution in [3.63, 3.8) is 0 Å². The number of halogens is 2. The SMILES string of the molecule is CNC(Cc1ccc(F)cc1Cl)C(C)(C)S(C)(=O)=O. The molecule has 6 heteroatoms. The van der Waals surface area contributed by atoms with Gasteiger partial charge in [0.05, 0.1) is 4.75 Å². The van der Waals surface area contributed by atoms with Crippen molar-refractivity contribution in [2.45, 2.75) is 31.1 Å². The van der Waals surface area contributed by atoms with Crippen LogP contribution in [0, 0.1) is 5.82 Å². The zero-order chi connectivity index (χ0) is 14.8. The molecular formula is C13H19ClFNO2S. The second kappa shape index (κ2) is 5.77. The van der Waals surface area contributed by atoms with E-state index in [1.807, 2.05) is 0 Å². The third-order valence-corrected chi connectivity index (χ3v) is 6.13. The average Bonchev–Trinajstić information content (AvgIpc) is 2.26. The Morgan fingerprint density at radius 3 is 2.42 bits per heavy atom. The molecule has 0 saturated heterocycles. The van der Waals surface area contributed by atoms with Crippen molar-refractivity contribution in [1.82, 2.24) is 5.32 Å². The number of benzene rings is 1. The molecule has 0 fully saturated rings. The van der Waals surface area contributed by atoms with Gasteiger partial charge in [-0.3, -0.25) is 0 Å². The van der Waals surface area contributed by atoms with E-state index >= 15 is 0 Å². The summed E-state index contributed by atoms with van der Waals surface area (Å²) in [5.41, 5.74) is 0.721. The van der Waals surface area contributed by atoms with Crippen molar-refractivity contribution in [2.75, 3.05) is 13.3 Å². The van der Waals surface area contributed by atoms with Crippen molar-refractivity contribution in [2.24, 2.45) is 0 Å². The highest BCUT2D eigenvalue weighted by atomic mass is 35.5. The van der Waals surface area contributed by atoms with E-state index in [0.717, 1.165) is 5.56 Å². The maximum Gasteiger partial charge on any atom is 0.154 e. The van der Waals surface area contributed by atoms with Crippen molar-refractivity contribution >= 4 is 21.4 Å². The second-order valence-corrected chi connectivity index (χ2v) is 8.16. The Balaban J connectivity index is 3.07. The fraction of sp³-hybridized carbons (Fsp3) is 0.538. The minimum atomic E-state index is -3.23. The standard InChI is InChI=1S/C13H19ClFNO2S/c1-13(2,19(4,17)18)12(16-3)7-9-5-6-10(15)8-11(9)14/h5-6,8,12,16H,7H2,1-4H3. The van der Waals surface area contributed by atoms with E-state index < -0.39 is 20.4 Å². The molecule has 0 heterocycles. The van der Waals surface area contributed by atoms with Crippen LogP contribution in [0.25, 0.3) is 0 Å². The van der Waals surface area contributed by atoms with Gasteiger partial charge in [-0.2, -0.15) is 0 Å². The minimum Gasteiger partial charge on any atom is -0.315 e. The summed E-state index contributed by atoms with van der Waals surface area (Å²) in [4.78, 5) is 0. The molecule has 0 amide bonds. The van der Waals surface area contributed by atoms with Gasteiger partial charge >= 0.3 is 0 Å². The van der Waals surface area contributed by atoms with Crippen LogP contribution in [0.3, 0.4) is 0 Å². The van der Waals surface area contributed by atoms with Crippen molar-refractivity contribution < 1.29 is 12.8 Å². The fourth-order valence-electron chi connectivity index (χ4n) is 1.86. The quantitative estimate of drug-likeness (QED) is 0.909. The van der Waals surface area contributed by atoms with Crippen molar-refractivity contribution in [3.8, 4) is 0 Å². The monoisotopic (exact) mass is 307 g/mol. The molecule has 1 unspecified atom stereocenters. The first kappa shape index (κ1) is 16.4. The highest BCUT2D eigenvalue weighted by molar-refractivity contribution is 7.92. The van der Waals surface area contributed by atoms with E-state index in [2.05, 4.69) is 5.32 Å². The van der Waals surface area contributed by atoms with Crippen molar-refractivity contribution in [1.29, 1.82) is 0 Å². The molecule has 1 atom stereocenters. The average molecular weight is 308 g/mol. The van der Waals surface area contributed by atoms with E-state index in [0.29, 0.717) is 11.4 Å². The highest BCUT2D eigenvalue weighted by Gasteiger charge is 2.38. The van der Waals surface area contributed by atoms with E-state index in [-0.39, 0.29) is 6.04 Å². The first-order chi connectivity index (χ1) is 8.59. The van der Waals surface area contributed by atoms with Crippen LogP contribution in [-0.4, -0.2) is 32.5 Å². The molecule has 0 saturated carbocycles. The van der Waals surface area contributed by atoms with Crippen LogP contribution in [0.2, 0.25) is 5.02 Å². The number of sulfone groups is 1. The molecule has 1 rings (SSSR count). The predicted molar refractivity (Wildman–Crippen MR) is 76.9 cm³/mol. The number of likely N-dealkylation sites (N-methyl/N-ethyl adjacent to an activating group) is 1. The zero-order valence-electron chi connectivity index (χ0n) is 11.5. The van der Waals surface area contributed by atoms with Gasteiger partial charge in [-0.15, -0.1) is 0 Å². The van der Waals surface area contributed by atoms with Gasteiger partial charge in [-0.1, -0.05) is 17.7 Å². The molecule has 3 nitrogen and oxygen atoms in total. The van der Waals surface area contributed by atoms with Gasteiger partial charge in [-0.25, -0.2) is 12.8 Å². The van der Waals surface area contributed by atoms with Crippen LogP contribution < -0.4 is 5.32 Å². The summed E-state index contributed by atoms with van der Waals surface area (Å²) in [5.74, 6) is -0.405. The number of hydrogen-bond donors (Lipinski definition) is 1. The van der Waals surface area contributed by atoms with Gasteiger partial charge in [0.25, 0.3) is 0 Å². The second-order valence-electron chi connectivity index (χ2n) is 5.16. The van der Waals surface area contributed by atoms with Gasteiger partial charge in [0.15, 0.2) is 9.84 Å². The summed E-state index contributed by atoms with van der Waals surface area (Å²) in [6.07, 6.45) is 1.62. The third-order valence-electron chi connectivity index (χ3n) is 3.58. The Kier molecular flexibility index (Phi) is 4.98. The number of hydrogen-bond acceptors (Lipinski definition) is 3. The summed E-state index contributed by atoms with van der Waals surface area (Å²) in [5, 5.41) is 3.32. The summed E-state index contributed by atoms with van der Waals surface area (Å²) >= 11 is 5.98. The fourth-order valence-corrected chi connectivity index (χ4v) is 2.82. The Morgan fingerprint density at radius 2 is 2.00 bits per heavy atom. The Labute approximate surface area is 119 Å². The van der Waals surface area contributed by atoms with Crippen LogP contribution in [0.15, 0.2) is 18.2 Å². The topological polar surface area (TPSA) is 46.2 Å². The molecule has 1 aromatic rings. The molecule has 0 aromatic heterocycles. The van der Waals surface area contributed by atoms with Gasteiger partial charge in [0.2, 0.25) is 0 Å². The zero-order valence-corrected chi connectivity index (χ0v) is 13.1. The van der Waals surface area contributed by atoms with E-state index in [1.165, 1.54) is 18.4 Å². The van der Waals surface area contributed by atoms with Gasteiger partial charge in [0, 0.05) is 17.3 Å². The Morgan fingerprint density at radius 1 is 1.42 bits per heavy atom. The lowest BCUT2D eigenvalue weighted by Crippen LogP contribution is -2.51.